The van der Waals surface area contributed by atoms with Crippen molar-refractivity contribution in [1.29, 1.82) is 0 Å². The molecule has 0 spiro atoms. The van der Waals surface area contributed by atoms with Crippen LogP contribution in [0.3, 0.4) is 0 Å². The normalized spacial score (nSPS) is 18.9. The van der Waals surface area contributed by atoms with Gasteiger partial charge in [-0.2, -0.15) is 0 Å². The molecule has 2 atom stereocenters. The van der Waals surface area contributed by atoms with Crippen molar-refractivity contribution in [1.82, 2.24) is 10.1 Å². The number of anilines is 1. The predicted octanol–water partition coefficient (Wildman–Crippen LogP) is 4.02. The minimum atomic E-state index is -1.08. The third-order valence-corrected chi connectivity index (χ3v) is 7.26. The molecule has 1 aliphatic heterocycles. The maximum Gasteiger partial charge on any atom is 0.414 e. The number of hydrogen-bond acceptors (Lipinski definition) is 7. The van der Waals surface area contributed by atoms with Crippen molar-refractivity contribution in [3.63, 3.8) is 0 Å². The van der Waals surface area contributed by atoms with Crippen LogP contribution in [-0.4, -0.2) is 56.9 Å². The van der Waals surface area contributed by atoms with Gasteiger partial charge in [0.05, 0.1) is 5.37 Å². The summed E-state index contributed by atoms with van der Waals surface area (Å²) < 4.78 is 10.5. The van der Waals surface area contributed by atoms with Crippen LogP contribution in [0.15, 0.2) is 59.1 Å². The molecule has 34 heavy (non-hydrogen) atoms. The number of nitrogens with zero attached hydrogens (tertiary/aromatic N) is 2. The topological polar surface area (TPSA) is 122 Å². The van der Waals surface area contributed by atoms with Gasteiger partial charge in [0.2, 0.25) is 5.88 Å². The second kappa shape index (κ2) is 8.86. The molecule has 2 amide bonds. The molecular formula is C24H21N3O6S. The van der Waals surface area contributed by atoms with Crippen LogP contribution >= 0.6 is 11.8 Å². The van der Waals surface area contributed by atoms with E-state index in [4.69, 9.17) is 9.26 Å². The average molecular weight is 480 g/mol. The molecule has 1 saturated heterocycles. The summed E-state index contributed by atoms with van der Waals surface area (Å²) in [7, 11) is 0. The number of amides is 2. The Labute approximate surface area is 199 Å². The van der Waals surface area contributed by atoms with E-state index >= 15 is 0 Å². The maximum absolute atomic E-state index is 12.8. The van der Waals surface area contributed by atoms with Gasteiger partial charge in [-0.05, 0) is 29.2 Å². The Hall–Kier alpha value is -3.79. The third kappa shape index (κ3) is 3.90. The van der Waals surface area contributed by atoms with Crippen LogP contribution in [0.2, 0.25) is 0 Å². The second-order valence-electron chi connectivity index (χ2n) is 8.03. The Morgan fingerprint density at radius 2 is 1.79 bits per heavy atom. The highest BCUT2D eigenvalue weighted by Crippen LogP contribution is 2.44. The molecule has 10 heteroatoms. The number of carbonyl (C=O) groups is 3. The van der Waals surface area contributed by atoms with Gasteiger partial charge in [-0.3, -0.25) is 10.1 Å². The standard InChI is InChI=1S/C24H21N3O6S/c1-13-27(20(12-34-13)23(29)30)22(28)19-10-21(33-26-19)25-24(31)32-11-18-16-8-4-2-6-14(16)15-7-3-5-9-17(15)18/h2-10,13,18,20H,11-12H2,1H3,(H,25,31)(H,29,30). The molecule has 1 fully saturated rings. The molecule has 174 valence electrons. The SMILES string of the molecule is CC1SCC(C(=O)O)N1C(=O)c1cc(NC(=O)OCC2c3ccccc3-c3ccccc32)on1. The lowest BCUT2D eigenvalue weighted by Crippen LogP contribution is -2.44. The van der Waals surface area contributed by atoms with Gasteiger partial charge in [0.1, 0.15) is 12.6 Å². The largest absolute Gasteiger partial charge is 0.480 e. The van der Waals surface area contributed by atoms with E-state index in [2.05, 4.69) is 22.6 Å². The maximum atomic E-state index is 12.8. The van der Waals surface area contributed by atoms with Crippen LogP contribution in [0.4, 0.5) is 10.7 Å². The number of benzene rings is 2. The van der Waals surface area contributed by atoms with Crippen molar-refractivity contribution in [2.24, 2.45) is 0 Å². The summed E-state index contributed by atoms with van der Waals surface area (Å²) >= 11 is 1.37. The zero-order valence-electron chi connectivity index (χ0n) is 18.1. The number of aromatic nitrogens is 1. The Morgan fingerprint density at radius 1 is 1.15 bits per heavy atom. The lowest BCUT2D eigenvalue weighted by molar-refractivity contribution is -0.141. The van der Waals surface area contributed by atoms with Crippen molar-refractivity contribution < 1.29 is 28.8 Å². The molecule has 5 rings (SSSR count). The number of carboxylic acids is 1. The number of rotatable bonds is 5. The number of aliphatic carboxylic acids is 1. The summed E-state index contributed by atoms with van der Waals surface area (Å²) in [6.07, 6.45) is -0.745. The molecule has 2 heterocycles. The molecule has 3 aromatic rings. The van der Waals surface area contributed by atoms with Crippen molar-refractivity contribution in [3.05, 3.63) is 71.4 Å². The smallest absolute Gasteiger partial charge is 0.414 e. The highest BCUT2D eigenvalue weighted by atomic mass is 32.2. The summed E-state index contributed by atoms with van der Waals surface area (Å²) in [5.41, 5.74) is 4.35. The van der Waals surface area contributed by atoms with E-state index in [1.807, 2.05) is 36.4 Å². The summed E-state index contributed by atoms with van der Waals surface area (Å²) in [6.45, 7) is 1.88. The predicted molar refractivity (Wildman–Crippen MR) is 125 cm³/mol. The number of carbonyl (C=O) groups excluding carboxylic acids is 2. The van der Waals surface area contributed by atoms with Gasteiger partial charge in [0.15, 0.2) is 5.69 Å². The third-order valence-electron chi connectivity index (χ3n) is 6.04. The molecule has 0 radical (unpaired) electrons. The minimum Gasteiger partial charge on any atom is -0.480 e. The van der Waals surface area contributed by atoms with Crippen LogP contribution in [0, 0.1) is 0 Å². The lowest BCUT2D eigenvalue weighted by atomic mass is 9.98. The van der Waals surface area contributed by atoms with E-state index in [1.165, 1.54) is 22.7 Å². The van der Waals surface area contributed by atoms with Crippen LogP contribution < -0.4 is 5.32 Å². The fourth-order valence-corrected chi connectivity index (χ4v) is 5.61. The van der Waals surface area contributed by atoms with E-state index in [0.717, 1.165) is 22.3 Å². The summed E-state index contributed by atoms with van der Waals surface area (Å²) in [5, 5.41) is 15.2. The van der Waals surface area contributed by atoms with Crippen LogP contribution in [0.25, 0.3) is 11.1 Å². The van der Waals surface area contributed by atoms with E-state index in [0.29, 0.717) is 5.75 Å². The quantitative estimate of drug-likeness (QED) is 0.563. The number of fused-ring (bicyclic) bond motifs is 3. The van der Waals surface area contributed by atoms with Crippen LogP contribution in [0.1, 0.15) is 34.5 Å². The zero-order valence-corrected chi connectivity index (χ0v) is 19.0. The average Bonchev–Trinajstić information content (AvgIpc) is 3.53. The van der Waals surface area contributed by atoms with Crippen molar-refractivity contribution in [2.45, 2.75) is 24.3 Å². The van der Waals surface area contributed by atoms with E-state index < -0.39 is 24.0 Å². The second-order valence-corrected chi connectivity index (χ2v) is 9.37. The Morgan fingerprint density at radius 3 is 2.44 bits per heavy atom. The Bertz CT molecular complexity index is 1230. The first-order valence-electron chi connectivity index (χ1n) is 10.7. The lowest BCUT2D eigenvalue weighted by Gasteiger charge is -2.23. The molecular weight excluding hydrogens is 458 g/mol. The van der Waals surface area contributed by atoms with Gasteiger partial charge in [-0.15, -0.1) is 11.8 Å². The highest BCUT2D eigenvalue weighted by Gasteiger charge is 2.41. The first kappa shape index (κ1) is 22.0. The molecule has 2 aliphatic rings. The van der Waals surface area contributed by atoms with Gasteiger partial charge in [0, 0.05) is 17.7 Å². The van der Waals surface area contributed by atoms with Gasteiger partial charge >= 0.3 is 12.1 Å². The van der Waals surface area contributed by atoms with Gasteiger partial charge in [-0.1, -0.05) is 53.7 Å². The Balaban J connectivity index is 1.24. The first-order chi connectivity index (χ1) is 16.4. The first-order valence-corrected chi connectivity index (χ1v) is 11.7. The van der Waals surface area contributed by atoms with Crippen molar-refractivity contribution in [2.75, 3.05) is 17.7 Å². The fourth-order valence-electron chi connectivity index (χ4n) is 4.44. The molecule has 1 aliphatic carbocycles. The molecule has 1 aromatic heterocycles. The van der Waals surface area contributed by atoms with Crippen molar-refractivity contribution in [3.8, 4) is 11.1 Å². The number of thioether (sulfide) groups is 1. The molecule has 0 saturated carbocycles. The number of carboxylic acid groups (broad SMARTS) is 1. The van der Waals surface area contributed by atoms with E-state index in [-0.39, 0.29) is 29.5 Å². The van der Waals surface area contributed by atoms with Gasteiger partial charge in [-0.25, -0.2) is 9.59 Å². The Kier molecular flexibility index (Phi) is 5.74. The summed E-state index contributed by atoms with van der Waals surface area (Å²) in [4.78, 5) is 37.9. The van der Waals surface area contributed by atoms with Crippen LogP contribution in [0.5, 0.6) is 0 Å². The van der Waals surface area contributed by atoms with E-state index in [1.54, 1.807) is 6.92 Å². The minimum absolute atomic E-state index is 0.0630. The zero-order chi connectivity index (χ0) is 23.8. The molecule has 2 unspecified atom stereocenters. The molecule has 2 N–H and O–H groups in total. The van der Waals surface area contributed by atoms with Crippen molar-refractivity contribution >= 4 is 35.6 Å². The highest BCUT2D eigenvalue weighted by molar-refractivity contribution is 8.00. The summed E-state index contributed by atoms with van der Waals surface area (Å²) in [6, 6.07) is 16.4. The fraction of sp³-hybridized carbons (Fsp3) is 0.250. The molecule has 2 aromatic carbocycles. The monoisotopic (exact) mass is 479 g/mol. The van der Waals surface area contributed by atoms with Gasteiger partial charge in [0.25, 0.3) is 5.91 Å². The van der Waals surface area contributed by atoms with Crippen LogP contribution in [-0.2, 0) is 9.53 Å². The number of hydrogen-bond donors (Lipinski definition) is 2. The number of nitrogens with one attached hydrogen (secondary N) is 1. The number of ether oxygens (including phenoxy) is 1. The molecule has 0 bridgehead atoms. The molecule has 9 nitrogen and oxygen atoms in total. The van der Waals surface area contributed by atoms with Gasteiger partial charge < -0.3 is 19.3 Å². The summed E-state index contributed by atoms with van der Waals surface area (Å²) in [5.74, 6) is -1.51. The van der Waals surface area contributed by atoms with E-state index in [9.17, 15) is 19.5 Å².